The Balaban J connectivity index is 2.07. The van der Waals surface area contributed by atoms with E-state index in [4.69, 9.17) is 11.6 Å². The van der Waals surface area contributed by atoms with Crippen molar-refractivity contribution in [2.24, 2.45) is 5.92 Å². The molecule has 1 aromatic carbocycles. The summed E-state index contributed by atoms with van der Waals surface area (Å²) >= 11 is 5.95. The lowest BCUT2D eigenvalue weighted by molar-refractivity contribution is 0.0916. The third kappa shape index (κ3) is 3.03. The SMILES string of the molecule is Cc1cc(Cl)cc(C(=O)NC2CCCC2CO)c1. The van der Waals surface area contributed by atoms with Gasteiger partial charge in [0.15, 0.2) is 0 Å². The van der Waals surface area contributed by atoms with Gasteiger partial charge in [-0.3, -0.25) is 4.79 Å². The Morgan fingerprint density at radius 2 is 2.22 bits per heavy atom. The van der Waals surface area contributed by atoms with Crippen LogP contribution in [-0.2, 0) is 0 Å². The van der Waals surface area contributed by atoms with E-state index in [2.05, 4.69) is 5.32 Å². The molecule has 1 saturated carbocycles. The van der Waals surface area contributed by atoms with Crippen molar-refractivity contribution in [2.45, 2.75) is 32.2 Å². The van der Waals surface area contributed by atoms with Gasteiger partial charge in [0, 0.05) is 29.2 Å². The molecule has 0 radical (unpaired) electrons. The van der Waals surface area contributed by atoms with Gasteiger partial charge in [-0.15, -0.1) is 0 Å². The van der Waals surface area contributed by atoms with Gasteiger partial charge in [0.1, 0.15) is 0 Å². The molecule has 0 spiro atoms. The first-order valence-corrected chi connectivity index (χ1v) is 6.67. The highest BCUT2D eigenvalue weighted by Crippen LogP contribution is 2.25. The summed E-state index contributed by atoms with van der Waals surface area (Å²) in [5.41, 5.74) is 1.56. The second-order valence-electron chi connectivity index (χ2n) is 4.97. The number of carbonyl (C=O) groups is 1. The largest absolute Gasteiger partial charge is 0.396 e. The molecule has 0 bridgehead atoms. The number of amides is 1. The smallest absolute Gasteiger partial charge is 0.251 e. The van der Waals surface area contributed by atoms with Crippen LogP contribution in [0.25, 0.3) is 0 Å². The van der Waals surface area contributed by atoms with E-state index in [1.54, 1.807) is 6.07 Å². The molecule has 18 heavy (non-hydrogen) atoms. The van der Waals surface area contributed by atoms with Crippen LogP contribution in [0.15, 0.2) is 18.2 Å². The molecule has 2 atom stereocenters. The summed E-state index contributed by atoms with van der Waals surface area (Å²) in [6.45, 7) is 2.05. The second kappa shape index (κ2) is 5.72. The molecule has 4 heteroatoms. The van der Waals surface area contributed by atoms with E-state index in [-0.39, 0.29) is 24.5 Å². The maximum atomic E-state index is 12.1. The molecule has 0 heterocycles. The number of halogens is 1. The Kier molecular flexibility index (Phi) is 4.25. The Hall–Kier alpha value is -1.06. The van der Waals surface area contributed by atoms with Gasteiger partial charge >= 0.3 is 0 Å². The van der Waals surface area contributed by atoms with Crippen LogP contribution < -0.4 is 5.32 Å². The number of hydrogen-bond acceptors (Lipinski definition) is 2. The number of carbonyl (C=O) groups excluding carboxylic acids is 1. The van der Waals surface area contributed by atoms with Gasteiger partial charge in [-0.25, -0.2) is 0 Å². The lowest BCUT2D eigenvalue weighted by Gasteiger charge is -2.19. The minimum absolute atomic E-state index is 0.0850. The maximum Gasteiger partial charge on any atom is 0.251 e. The van der Waals surface area contributed by atoms with Crippen molar-refractivity contribution < 1.29 is 9.90 Å². The van der Waals surface area contributed by atoms with Crippen molar-refractivity contribution in [3.63, 3.8) is 0 Å². The lowest BCUT2D eigenvalue weighted by Crippen LogP contribution is -2.38. The monoisotopic (exact) mass is 267 g/mol. The first kappa shape index (κ1) is 13.4. The molecule has 3 nitrogen and oxygen atoms in total. The van der Waals surface area contributed by atoms with Crippen LogP contribution in [0.1, 0.15) is 35.2 Å². The summed E-state index contributed by atoms with van der Waals surface area (Å²) < 4.78 is 0. The third-order valence-corrected chi connectivity index (χ3v) is 3.73. The predicted octanol–water partition coefficient (Wildman–Crippen LogP) is 2.54. The summed E-state index contributed by atoms with van der Waals surface area (Å²) in [7, 11) is 0. The van der Waals surface area contributed by atoms with Gasteiger partial charge in [-0.2, -0.15) is 0 Å². The quantitative estimate of drug-likeness (QED) is 0.884. The van der Waals surface area contributed by atoms with Gasteiger partial charge in [-0.1, -0.05) is 18.0 Å². The van der Waals surface area contributed by atoms with Crippen molar-refractivity contribution in [1.82, 2.24) is 5.32 Å². The van der Waals surface area contributed by atoms with E-state index in [1.165, 1.54) is 0 Å². The molecule has 1 amide bonds. The van der Waals surface area contributed by atoms with Crippen LogP contribution in [0.3, 0.4) is 0 Å². The molecule has 0 aromatic heterocycles. The van der Waals surface area contributed by atoms with Crippen LogP contribution in [0.2, 0.25) is 5.02 Å². The van der Waals surface area contributed by atoms with Gasteiger partial charge in [0.05, 0.1) is 0 Å². The van der Waals surface area contributed by atoms with E-state index >= 15 is 0 Å². The summed E-state index contributed by atoms with van der Waals surface area (Å²) in [5.74, 6) is 0.0835. The van der Waals surface area contributed by atoms with E-state index in [0.29, 0.717) is 10.6 Å². The van der Waals surface area contributed by atoms with Gasteiger partial charge in [0.2, 0.25) is 0 Å². The van der Waals surface area contributed by atoms with E-state index in [1.807, 2.05) is 19.1 Å². The van der Waals surface area contributed by atoms with Gasteiger partial charge < -0.3 is 10.4 Å². The highest BCUT2D eigenvalue weighted by Gasteiger charge is 2.28. The topological polar surface area (TPSA) is 49.3 Å². The first-order valence-electron chi connectivity index (χ1n) is 6.29. The number of aliphatic hydroxyl groups excluding tert-OH is 1. The Bertz CT molecular complexity index is 427. The zero-order chi connectivity index (χ0) is 13.1. The number of benzene rings is 1. The number of aryl methyl sites for hydroxylation is 1. The maximum absolute atomic E-state index is 12.1. The molecule has 1 aliphatic carbocycles. The molecule has 98 valence electrons. The number of rotatable bonds is 3. The fraction of sp³-hybridized carbons (Fsp3) is 0.500. The number of hydrogen-bond donors (Lipinski definition) is 2. The summed E-state index contributed by atoms with van der Waals surface area (Å²) in [5, 5.41) is 12.8. The minimum Gasteiger partial charge on any atom is -0.396 e. The van der Waals surface area contributed by atoms with Crippen molar-refractivity contribution in [2.75, 3.05) is 6.61 Å². The molecule has 0 saturated heterocycles. The highest BCUT2D eigenvalue weighted by molar-refractivity contribution is 6.31. The van der Waals surface area contributed by atoms with Crippen LogP contribution in [-0.4, -0.2) is 23.7 Å². The number of aliphatic hydroxyl groups is 1. The van der Waals surface area contributed by atoms with Crippen molar-refractivity contribution in [3.05, 3.63) is 34.3 Å². The minimum atomic E-state index is -0.106. The molecule has 1 fully saturated rings. The van der Waals surface area contributed by atoms with Crippen LogP contribution in [0, 0.1) is 12.8 Å². The third-order valence-electron chi connectivity index (χ3n) is 3.51. The zero-order valence-electron chi connectivity index (χ0n) is 10.4. The lowest BCUT2D eigenvalue weighted by atomic mass is 10.0. The summed E-state index contributed by atoms with van der Waals surface area (Å²) in [6.07, 6.45) is 2.98. The molecule has 0 aliphatic heterocycles. The van der Waals surface area contributed by atoms with Crippen molar-refractivity contribution in [3.8, 4) is 0 Å². The second-order valence-corrected chi connectivity index (χ2v) is 5.41. The van der Waals surface area contributed by atoms with E-state index in [9.17, 15) is 9.90 Å². The van der Waals surface area contributed by atoms with Crippen molar-refractivity contribution in [1.29, 1.82) is 0 Å². The fourth-order valence-corrected chi connectivity index (χ4v) is 2.85. The molecule has 2 N–H and O–H groups in total. The van der Waals surface area contributed by atoms with Crippen LogP contribution in [0.5, 0.6) is 0 Å². The van der Waals surface area contributed by atoms with Crippen LogP contribution >= 0.6 is 11.6 Å². The van der Waals surface area contributed by atoms with E-state index in [0.717, 1.165) is 24.8 Å². The number of nitrogens with one attached hydrogen (secondary N) is 1. The van der Waals surface area contributed by atoms with E-state index < -0.39 is 0 Å². The van der Waals surface area contributed by atoms with Crippen molar-refractivity contribution >= 4 is 17.5 Å². The molecule has 2 unspecified atom stereocenters. The molecule has 1 aromatic rings. The average Bonchev–Trinajstić information content (AvgIpc) is 2.75. The first-order chi connectivity index (χ1) is 8.60. The Labute approximate surface area is 112 Å². The molecule has 1 aliphatic rings. The Morgan fingerprint density at radius 3 is 2.89 bits per heavy atom. The fourth-order valence-electron chi connectivity index (χ4n) is 2.56. The van der Waals surface area contributed by atoms with Crippen LogP contribution in [0.4, 0.5) is 0 Å². The highest BCUT2D eigenvalue weighted by atomic mass is 35.5. The zero-order valence-corrected chi connectivity index (χ0v) is 11.2. The average molecular weight is 268 g/mol. The Morgan fingerprint density at radius 1 is 1.44 bits per heavy atom. The van der Waals surface area contributed by atoms with Gasteiger partial charge in [0.25, 0.3) is 5.91 Å². The normalized spacial score (nSPS) is 23.1. The molecular formula is C14H18ClNO2. The standard InChI is InChI=1S/C14H18ClNO2/c1-9-5-11(7-12(15)6-9)14(18)16-13-4-2-3-10(13)8-17/h5-7,10,13,17H,2-4,8H2,1H3,(H,16,18). The predicted molar refractivity (Wildman–Crippen MR) is 71.9 cm³/mol. The summed E-state index contributed by atoms with van der Waals surface area (Å²) in [6, 6.07) is 5.41. The summed E-state index contributed by atoms with van der Waals surface area (Å²) in [4.78, 5) is 12.1. The van der Waals surface area contributed by atoms with Gasteiger partial charge in [-0.05, 0) is 43.5 Å². The molecule has 2 rings (SSSR count). The molecular weight excluding hydrogens is 250 g/mol.